The summed E-state index contributed by atoms with van der Waals surface area (Å²) in [6.07, 6.45) is 0. The number of carbonyl (C=O) groups is 1. The predicted octanol–water partition coefficient (Wildman–Crippen LogP) is 3.10. The number of amides is 1. The minimum Gasteiger partial charge on any atom is -0.481 e. The molecule has 0 fully saturated rings. The molecule has 0 aromatic heterocycles. The zero-order valence-corrected chi connectivity index (χ0v) is 12.6. The van der Waals surface area contributed by atoms with Gasteiger partial charge in [0.15, 0.2) is 18.2 Å². The zero-order valence-electron chi connectivity index (χ0n) is 11.0. The Balaban J connectivity index is 1.94. The number of halogens is 2. The van der Waals surface area contributed by atoms with Crippen LogP contribution in [0.15, 0.2) is 46.9 Å². The molecule has 0 saturated heterocycles. The van der Waals surface area contributed by atoms with Crippen molar-refractivity contribution in [2.75, 3.05) is 11.9 Å². The molecule has 2 rings (SSSR count). The third-order valence-electron chi connectivity index (χ3n) is 2.69. The molecule has 1 amide bonds. The number of carbonyl (C=O) groups excluding carboxylic acids is 1. The van der Waals surface area contributed by atoms with Gasteiger partial charge in [-0.1, -0.05) is 18.2 Å². The van der Waals surface area contributed by atoms with Crippen molar-refractivity contribution in [3.05, 3.63) is 58.3 Å². The number of hydrogen-bond donors (Lipinski definition) is 2. The van der Waals surface area contributed by atoms with Crippen molar-refractivity contribution in [2.45, 2.75) is 6.61 Å². The van der Waals surface area contributed by atoms with Gasteiger partial charge >= 0.3 is 0 Å². The maximum atomic E-state index is 13.6. The summed E-state index contributed by atoms with van der Waals surface area (Å²) in [4.78, 5) is 11.8. The molecule has 0 spiro atoms. The monoisotopic (exact) mass is 353 g/mol. The molecule has 0 aliphatic carbocycles. The van der Waals surface area contributed by atoms with E-state index < -0.39 is 11.7 Å². The molecule has 110 valence electrons. The second kappa shape index (κ2) is 7.19. The van der Waals surface area contributed by atoms with Gasteiger partial charge in [0.2, 0.25) is 0 Å². The molecule has 21 heavy (non-hydrogen) atoms. The van der Waals surface area contributed by atoms with Crippen molar-refractivity contribution in [2.24, 2.45) is 0 Å². The highest BCUT2D eigenvalue weighted by Gasteiger charge is 2.09. The van der Waals surface area contributed by atoms with Gasteiger partial charge in [0.25, 0.3) is 5.91 Å². The van der Waals surface area contributed by atoms with Gasteiger partial charge < -0.3 is 15.2 Å². The first-order valence-electron chi connectivity index (χ1n) is 6.16. The summed E-state index contributed by atoms with van der Waals surface area (Å²) >= 11 is 3.31. The van der Waals surface area contributed by atoms with Crippen LogP contribution in [0.4, 0.5) is 10.1 Å². The zero-order chi connectivity index (χ0) is 15.2. The molecule has 6 heteroatoms. The van der Waals surface area contributed by atoms with E-state index >= 15 is 0 Å². The predicted molar refractivity (Wildman–Crippen MR) is 80.6 cm³/mol. The number of aliphatic hydroxyl groups is 1. The first-order chi connectivity index (χ1) is 10.1. The number of ether oxygens (including phenoxy) is 1. The van der Waals surface area contributed by atoms with E-state index in [2.05, 4.69) is 21.2 Å². The van der Waals surface area contributed by atoms with Crippen molar-refractivity contribution in [1.82, 2.24) is 0 Å². The molecule has 0 heterocycles. The van der Waals surface area contributed by atoms with E-state index in [1.165, 1.54) is 18.2 Å². The van der Waals surface area contributed by atoms with Crippen LogP contribution < -0.4 is 10.1 Å². The number of rotatable bonds is 5. The van der Waals surface area contributed by atoms with E-state index in [-0.39, 0.29) is 19.0 Å². The summed E-state index contributed by atoms with van der Waals surface area (Å²) in [6.45, 7) is -0.559. The van der Waals surface area contributed by atoms with Crippen LogP contribution >= 0.6 is 15.9 Å². The Kier molecular flexibility index (Phi) is 5.30. The Hall–Kier alpha value is -1.92. The Morgan fingerprint density at radius 3 is 2.71 bits per heavy atom. The maximum Gasteiger partial charge on any atom is 0.262 e. The topological polar surface area (TPSA) is 58.6 Å². The fourth-order valence-corrected chi connectivity index (χ4v) is 2.04. The van der Waals surface area contributed by atoms with Gasteiger partial charge in [-0.2, -0.15) is 0 Å². The molecular formula is C15H13BrFNO3. The molecule has 0 atom stereocenters. The summed E-state index contributed by atoms with van der Waals surface area (Å²) in [5.74, 6) is -1.04. The van der Waals surface area contributed by atoms with E-state index in [1.807, 2.05) is 6.07 Å². The summed E-state index contributed by atoms with van der Waals surface area (Å²) < 4.78 is 19.5. The smallest absolute Gasteiger partial charge is 0.262 e. The van der Waals surface area contributed by atoms with Crippen LogP contribution in [-0.4, -0.2) is 17.6 Å². The number of anilines is 1. The number of benzene rings is 2. The van der Waals surface area contributed by atoms with Crippen LogP contribution in [-0.2, 0) is 11.4 Å². The normalized spacial score (nSPS) is 10.2. The molecule has 0 aliphatic rings. The fraction of sp³-hybridized carbons (Fsp3) is 0.133. The third-order valence-corrected chi connectivity index (χ3v) is 3.38. The molecule has 0 bridgehead atoms. The Morgan fingerprint density at radius 2 is 2.05 bits per heavy atom. The summed E-state index contributed by atoms with van der Waals surface area (Å²) in [6, 6.07) is 11.2. The van der Waals surface area contributed by atoms with Crippen LogP contribution in [0.25, 0.3) is 0 Å². The summed E-state index contributed by atoms with van der Waals surface area (Å²) in [5.41, 5.74) is 1.06. The van der Waals surface area contributed by atoms with Crippen LogP contribution in [0.3, 0.4) is 0 Å². The Morgan fingerprint density at radius 1 is 1.29 bits per heavy atom. The van der Waals surface area contributed by atoms with Crippen molar-refractivity contribution >= 4 is 27.5 Å². The largest absolute Gasteiger partial charge is 0.481 e. The Bertz CT molecular complexity index is 649. The molecule has 0 saturated carbocycles. The lowest BCUT2D eigenvalue weighted by molar-refractivity contribution is -0.118. The standard InChI is InChI=1S/C15H13BrFNO3/c16-11-3-1-2-4-13(11)18-15(20)9-21-14-6-5-10(8-19)7-12(14)17/h1-7,19H,8-9H2,(H,18,20). The van der Waals surface area contributed by atoms with Crippen molar-refractivity contribution in [3.63, 3.8) is 0 Å². The van der Waals surface area contributed by atoms with Crippen LogP contribution in [0.5, 0.6) is 5.75 Å². The van der Waals surface area contributed by atoms with Crippen molar-refractivity contribution in [3.8, 4) is 5.75 Å². The highest BCUT2D eigenvalue weighted by atomic mass is 79.9. The minimum absolute atomic E-state index is 0.0329. The van der Waals surface area contributed by atoms with E-state index in [4.69, 9.17) is 9.84 Å². The lowest BCUT2D eigenvalue weighted by Gasteiger charge is -2.09. The summed E-state index contributed by atoms with van der Waals surface area (Å²) in [7, 11) is 0. The van der Waals surface area contributed by atoms with Crippen molar-refractivity contribution in [1.29, 1.82) is 0 Å². The molecule has 2 N–H and O–H groups in total. The highest BCUT2D eigenvalue weighted by molar-refractivity contribution is 9.10. The molecule has 0 radical (unpaired) electrons. The number of aliphatic hydroxyl groups excluding tert-OH is 1. The quantitative estimate of drug-likeness (QED) is 0.868. The van der Waals surface area contributed by atoms with Gasteiger partial charge in [0.05, 0.1) is 12.3 Å². The average Bonchev–Trinajstić information content (AvgIpc) is 2.48. The lowest BCUT2D eigenvalue weighted by atomic mass is 10.2. The van der Waals surface area contributed by atoms with Crippen LogP contribution in [0.2, 0.25) is 0 Å². The van der Waals surface area contributed by atoms with Crippen LogP contribution in [0.1, 0.15) is 5.56 Å². The SMILES string of the molecule is O=C(COc1ccc(CO)cc1F)Nc1ccccc1Br. The van der Waals surface area contributed by atoms with E-state index in [9.17, 15) is 9.18 Å². The van der Waals surface area contributed by atoms with Crippen molar-refractivity contribution < 1.29 is 19.0 Å². The number of hydrogen-bond acceptors (Lipinski definition) is 3. The van der Waals surface area contributed by atoms with E-state index in [0.717, 1.165) is 4.47 Å². The van der Waals surface area contributed by atoms with E-state index in [1.54, 1.807) is 18.2 Å². The fourth-order valence-electron chi connectivity index (χ4n) is 1.65. The maximum absolute atomic E-state index is 13.6. The molecular weight excluding hydrogens is 341 g/mol. The first-order valence-corrected chi connectivity index (χ1v) is 6.96. The number of para-hydroxylation sites is 1. The van der Waals surface area contributed by atoms with Gasteiger partial charge in [0.1, 0.15) is 0 Å². The third kappa shape index (κ3) is 4.27. The van der Waals surface area contributed by atoms with Gasteiger partial charge in [0, 0.05) is 4.47 Å². The molecule has 2 aromatic carbocycles. The highest BCUT2D eigenvalue weighted by Crippen LogP contribution is 2.21. The van der Waals surface area contributed by atoms with Gasteiger partial charge in [-0.3, -0.25) is 4.79 Å². The lowest BCUT2D eigenvalue weighted by Crippen LogP contribution is -2.20. The second-order valence-electron chi connectivity index (χ2n) is 4.24. The van der Waals surface area contributed by atoms with Crippen LogP contribution in [0, 0.1) is 5.82 Å². The van der Waals surface area contributed by atoms with E-state index in [0.29, 0.717) is 11.3 Å². The van der Waals surface area contributed by atoms with Gasteiger partial charge in [-0.25, -0.2) is 4.39 Å². The minimum atomic E-state index is -0.616. The average molecular weight is 354 g/mol. The Labute approximate surface area is 129 Å². The molecule has 4 nitrogen and oxygen atoms in total. The molecule has 0 unspecified atom stereocenters. The first kappa shape index (κ1) is 15.5. The number of nitrogens with one attached hydrogen (secondary N) is 1. The summed E-state index contributed by atoms with van der Waals surface area (Å²) in [5, 5.41) is 11.5. The van der Waals surface area contributed by atoms with Gasteiger partial charge in [-0.05, 0) is 45.8 Å². The molecule has 0 aliphatic heterocycles. The second-order valence-corrected chi connectivity index (χ2v) is 5.09. The molecule has 2 aromatic rings. The van der Waals surface area contributed by atoms with Gasteiger partial charge in [-0.15, -0.1) is 0 Å².